The van der Waals surface area contributed by atoms with Crippen LogP contribution in [0.5, 0.6) is 5.75 Å². The van der Waals surface area contributed by atoms with Crippen molar-refractivity contribution in [3.8, 4) is 5.75 Å². The van der Waals surface area contributed by atoms with Gasteiger partial charge in [0.25, 0.3) is 0 Å². The highest BCUT2D eigenvalue weighted by Gasteiger charge is 2.41. The number of halogens is 1. The Morgan fingerprint density at radius 3 is 2.58 bits per heavy atom. The summed E-state index contributed by atoms with van der Waals surface area (Å²) < 4.78 is 19.0. The second kappa shape index (κ2) is 6.55. The van der Waals surface area contributed by atoms with Crippen LogP contribution in [0.2, 0.25) is 0 Å². The number of nitrogens with zero attached hydrogens (tertiary/aromatic N) is 2. The average Bonchev–Trinajstić information content (AvgIpc) is 3.25. The molecule has 0 radical (unpaired) electrons. The molecule has 2 fully saturated rings. The number of H-pyrrole nitrogens is 1. The molecule has 0 amide bonds. The Kier molecular flexibility index (Phi) is 4.27. The Morgan fingerprint density at radius 2 is 1.96 bits per heavy atom. The van der Waals surface area contributed by atoms with Crippen LogP contribution in [0.15, 0.2) is 36.7 Å². The van der Waals surface area contributed by atoms with Gasteiger partial charge in [-0.25, -0.2) is 4.39 Å². The van der Waals surface area contributed by atoms with Crippen molar-refractivity contribution >= 4 is 0 Å². The van der Waals surface area contributed by atoms with Crippen molar-refractivity contribution in [3.05, 3.63) is 48.0 Å². The van der Waals surface area contributed by atoms with Gasteiger partial charge in [0, 0.05) is 25.8 Å². The predicted molar refractivity (Wildman–Crippen MR) is 90.5 cm³/mol. The Morgan fingerprint density at radius 1 is 1.25 bits per heavy atom. The second-order valence-electron chi connectivity index (χ2n) is 7.34. The van der Waals surface area contributed by atoms with Crippen molar-refractivity contribution in [2.75, 3.05) is 19.6 Å². The second-order valence-corrected chi connectivity index (χ2v) is 7.34. The van der Waals surface area contributed by atoms with E-state index in [9.17, 15) is 4.39 Å². The fourth-order valence-electron chi connectivity index (χ4n) is 4.32. The maximum absolute atomic E-state index is 13.0. The van der Waals surface area contributed by atoms with Crippen molar-refractivity contribution < 1.29 is 9.13 Å². The fourth-order valence-corrected chi connectivity index (χ4v) is 4.32. The van der Waals surface area contributed by atoms with Crippen LogP contribution in [0.4, 0.5) is 4.39 Å². The quantitative estimate of drug-likeness (QED) is 0.913. The van der Waals surface area contributed by atoms with E-state index < -0.39 is 0 Å². The van der Waals surface area contributed by atoms with E-state index >= 15 is 0 Å². The maximum atomic E-state index is 13.0. The normalized spacial score (nSPS) is 28.0. The highest BCUT2D eigenvalue weighted by Crippen LogP contribution is 2.40. The van der Waals surface area contributed by atoms with E-state index in [0.717, 1.165) is 50.1 Å². The summed E-state index contributed by atoms with van der Waals surface area (Å²) in [5.41, 5.74) is 1.28. The third-order valence-electron chi connectivity index (χ3n) is 5.52. The Labute approximate surface area is 142 Å². The molecule has 4 rings (SSSR count). The van der Waals surface area contributed by atoms with Crippen LogP contribution in [-0.4, -0.2) is 40.8 Å². The van der Waals surface area contributed by atoms with Gasteiger partial charge in [-0.2, -0.15) is 5.10 Å². The van der Waals surface area contributed by atoms with E-state index in [0.29, 0.717) is 5.92 Å². The number of hydrogen-bond acceptors (Lipinski definition) is 3. The molecule has 1 saturated heterocycles. The van der Waals surface area contributed by atoms with Gasteiger partial charge in [-0.05, 0) is 60.4 Å². The highest BCUT2D eigenvalue weighted by molar-refractivity contribution is 5.22. The number of aromatic amines is 1. The Hall–Kier alpha value is -1.88. The number of hydrogen-bond donors (Lipinski definition) is 1. The number of nitrogens with one attached hydrogen (secondary N) is 1. The first kappa shape index (κ1) is 15.6. The lowest BCUT2D eigenvalue weighted by molar-refractivity contribution is 0.184. The Bertz CT molecular complexity index is 644. The number of fused-ring (bicyclic) bond motifs is 1. The number of benzene rings is 1. The van der Waals surface area contributed by atoms with Crippen LogP contribution in [0, 0.1) is 17.7 Å². The molecule has 4 atom stereocenters. The molecule has 128 valence electrons. The molecule has 5 heteroatoms. The van der Waals surface area contributed by atoms with Crippen LogP contribution in [-0.2, 0) is 0 Å². The summed E-state index contributed by atoms with van der Waals surface area (Å²) in [5.74, 6) is 2.53. The van der Waals surface area contributed by atoms with Crippen LogP contribution < -0.4 is 4.74 Å². The van der Waals surface area contributed by atoms with Gasteiger partial charge < -0.3 is 9.64 Å². The molecule has 1 aliphatic heterocycles. The van der Waals surface area contributed by atoms with E-state index in [1.54, 1.807) is 12.1 Å². The summed E-state index contributed by atoms with van der Waals surface area (Å²) in [6.45, 7) is 5.68. The SMILES string of the molecule is CC(CN1C[C@H]2C[C@H](Oc3ccc(F)cc3)C[C@H]2C1)c1cn[nH]c1. The minimum Gasteiger partial charge on any atom is -0.490 e. The van der Waals surface area contributed by atoms with Crippen LogP contribution >= 0.6 is 0 Å². The van der Waals surface area contributed by atoms with Gasteiger partial charge in [-0.15, -0.1) is 0 Å². The summed E-state index contributed by atoms with van der Waals surface area (Å²) in [6.07, 6.45) is 6.42. The highest BCUT2D eigenvalue weighted by atomic mass is 19.1. The molecule has 0 bridgehead atoms. The van der Waals surface area contributed by atoms with Gasteiger partial charge in [0.15, 0.2) is 0 Å². The summed E-state index contributed by atoms with van der Waals surface area (Å²) in [5, 5.41) is 6.95. The van der Waals surface area contributed by atoms with Crippen molar-refractivity contribution in [1.29, 1.82) is 0 Å². The third-order valence-corrected chi connectivity index (χ3v) is 5.52. The zero-order valence-electron chi connectivity index (χ0n) is 14.0. The molecular formula is C19H24FN3O. The minimum absolute atomic E-state index is 0.215. The molecule has 2 heterocycles. The Balaban J connectivity index is 1.28. The first-order valence-electron chi connectivity index (χ1n) is 8.80. The molecule has 1 N–H and O–H groups in total. The molecule has 24 heavy (non-hydrogen) atoms. The van der Waals surface area contributed by atoms with Gasteiger partial charge in [0.2, 0.25) is 0 Å². The van der Waals surface area contributed by atoms with Crippen molar-refractivity contribution in [2.45, 2.75) is 31.8 Å². The average molecular weight is 329 g/mol. The zero-order chi connectivity index (χ0) is 16.5. The molecular weight excluding hydrogens is 305 g/mol. The van der Waals surface area contributed by atoms with Gasteiger partial charge in [-0.3, -0.25) is 5.10 Å². The lowest BCUT2D eigenvalue weighted by atomic mass is 10.0. The summed E-state index contributed by atoms with van der Waals surface area (Å²) in [4.78, 5) is 2.58. The smallest absolute Gasteiger partial charge is 0.123 e. The molecule has 1 aromatic carbocycles. The summed E-state index contributed by atoms with van der Waals surface area (Å²) >= 11 is 0. The lowest BCUT2D eigenvalue weighted by Gasteiger charge is -2.22. The third kappa shape index (κ3) is 3.31. The molecule has 4 nitrogen and oxygen atoms in total. The van der Waals surface area contributed by atoms with Gasteiger partial charge in [0.1, 0.15) is 11.6 Å². The van der Waals surface area contributed by atoms with E-state index in [2.05, 4.69) is 22.0 Å². The molecule has 1 saturated carbocycles. The first-order chi connectivity index (χ1) is 11.7. The van der Waals surface area contributed by atoms with E-state index in [1.807, 2.05) is 12.4 Å². The molecule has 1 aliphatic carbocycles. The lowest BCUT2D eigenvalue weighted by Crippen LogP contribution is -2.28. The number of rotatable bonds is 5. The van der Waals surface area contributed by atoms with Gasteiger partial charge in [-0.1, -0.05) is 6.92 Å². The van der Waals surface area contributed by atoms with Gasteiger partial charge in [0.05, 0.1) is 12.3 Å². The number of aromatic nitrogens is 2. The van der Waals surface area contributed by atoms with E-state index in [1.165, 1.54) is 17.7 Å². The molecule has 1 unspecified atom stereocenters. The number of likely N-dealkylation sites (tertiary alicyclic amines) is 1. The standard InChI is InChI=1S/C19H24FN3O/c1-13(16-8-21-22-9-16)10-23-11-14-6-19(7-15(14)12-23)24-18-4-2-17(20)3-5-18/h2-5,8-9,13-15,19H,6-7,10-12H2,1H3,(H,21,22)/t13?,14-,15+,19+. The molecule has 2 aliphatic rings. The largest absolute Gasteiger partial charge is 0.490 e. The minimum atomic E-state index is -0.215. The fraction of sp³-hybridized carbons (Fsp3) is 0.526. The molecule has 0 spiro atoms. The van der Waals surface area contributed by atoms with E-state index in [-0.39, 0.29) is 11.9 Å². The van der Waals surface area contributed by atoms with Crippen molar-refractivity contribution in [1.82, 2.24) is 15.1 Å². The monoisotopic (exact) mass is 329 g/mol. The van der Waals surface area contributed by atoms with Crippen LogP contribution in [0.1, 0.15) is 31.2 Å². The van der Waals surface area contributed by atoms with Gasteiger partial charge >= 0.3 is 0 Å². The molecule has 2 aromatic rings. The number of ether oxygens (including phenoxy) is 1. The zero-order valence-corrected chi connectivity index (χ0v) is 14.0. The first-order valence-corrected chi connectivity index (χ1v) is 8.80. The summed E-state index contributed by atoms with van der Waals surface area (Å²) in [6, 6.07) is 6.37. The van der Waals surface area contributed by atoms with Crippen LogP contribution in [0.25, 0.3) is 0 Å². The molecule has 1 aromatic heterocycles. The van der Waals surface area contributed by atoms with Crippen molar-refractivity contribution in [2.24, 2.45) is 11.8 Å². The maximum Gasteiger partial charge on any atom is 0.123 e. The topological polar surface area (TPSA) is 41.1 Å². The summed E-state index contributed by atoms with van der Waals surface area (Å²) in [7, 11) is 0. The van der Waals surface area contributed by atoms with Crippen molar-refractivity contribution in [3.63, 3.8) is 0 Å². The predicted octanol–water partition coefficient (Wildman–Crippen LogP) is 3.44. The van der Waals surface area contributed by atoms with Crippen LogP contribution in [0.3, 0.4) is 0 Å². The van der Waals surface area contributed by atoms with E-state index in [4.69, 9.17) is 4.74 Å².